The molecule has 1 aromatic heterocycles. The van der Waals surface area contributed by atoms with Crippen LogP contribution in [0.5, 0.6) is 0 Å². The predicted octanol–water partition coefficient (Wildman–Crippen LogP) is 2.99. The largest absolute Gasteiger partial charge is 0.523 e. The summed E-state index contributed by atoms with van der Waals surface area (Å²) in [5.74, 6) is -2.45. The number of nitrogens with zero attached hydrogens (tertiary/aromatic N) is 3. The van der Waals surface area contributed by atoms with Crippen LogP contribution in [-0.4, -0.2) is 64.2 Å². The lowest BCUT2D eigenvalue weighted by Crippen LogP contribution is -2.44. The fourth-order valence-electron chi connectivity index (χ4n) is 4.39. The molecule has 1 aromatic rings. The lowest BCUT2D eigenvalue weighted by Gasteiger charge is -2.24. The zero-order valence-corrected chi connectivity index (χ0v) is 20.2. The second-order valence-corrected chi connectivity index (χ2v) is 10.3. The molecule has 10 bridgehead atoms. The molecule has 0 saturated carbocycles. The number of aliphatic hydroxyl groups is 2. The number of aromatic amines is 1. The summed E-state index contributed by atoms with van der Waals surface area (Å²) in [5, 5.41) is 22.0. The molecular formula is C25H15F3N4O6S. The van der Waals surface area contributed by atoms with Gasteiger partial charge in [-0.2, -0.15) is 21.6 Å². The minimum absolute atomic E-state index is 0.0171. The van der Waals surface area contributed by atoms with E-state index >= 15 is 0 Å². The molecule has 198 valence electrons. The lowest BCUT2D eigenvalue weighted by atomic mass is 9.92. The van der Waals surface area contributed by atoms with Crippen LogP contribution in [0, 0.1) is 0 Å². The third-order valence-corrected chi connectivity index (χ3v) is 7.19. The monoisotopic (exact) mass is 556 g/mol. The van der Waals surface area contributed by atoms with Gasteiger partial charge in [0.25, 0.3) is 0 Å². The van der Waals surface area contributed by atoms with Crippen molar-refractivity contribution in [1.82, 2.24) is 4.98 Å². The number of fused-ring (bicyclic) bond motifs is 6. The number of hydrogen-bond donors (Lipinski definition) is 3. The maximum Gasteiger partial charge on any atom is 0.523 e. The highest BCUT2D eigenvalue weighted by molar-refractivity contribution is 7.87. The van der Waals surface area contributed by atoms with Gasteiger partial charge in [0, 0.05) is 11.4 Å². The Kier molecular flexibility index (Phi) is 5.47. The van der Waals surface area contributed by atoms with Crippen LogP contribution in [0.25, 0.3) is 12.2 Å². The number of aliphatic hydroxyl groups excluding tert-OH is 2. The third kappa shape index (κ3) is 4.18. The zero-order chi connectivity index (χ0) is 27.7. The van der Waals surface area contributed by atoms with E-state index in [0.29, 0.717) is 22.8 Å². The van der Waals surface area contributed by atoms with E-state index in [1.165, 1.54) is 30.4 Å². The highest BCUT2D eigenvalue weighted by Gasteiger charge is 2.52. The summed E-state index contributed by atoms with van der Waals surface area (Å²) in [4.78, 5) is 30.0. The Hall–Kier alpha value is -4.40. The number of halogens is 3. The van der Waals surface area contributed by atoms with Gasteiger partial charge in [0.15, 0.2) is 6.10 Å². The number of Topliss-reactive ketones (excluding diaryl/α,β-unsaturated/α-hetero) is 1. The van der Waals surface area contributed by atoms with E-state index in [1.807, 2.05) is 0 Å². The molecule has 10 nitrogen and oxygen atoms in total. The first-order valence-electron chi connectivity index (χ1n) is 11.2. The molecule has 5 aliphatic heterocycles. The van der Waals surface area contributed by atoms with Crippen molar-refractivity contribution in [3.8, 4) is 0 Å². The summed E-state index contributed by atoms with van der Waals surface area (Å²) < 4.78 is 67.9. The van der Waals surface area contributed by atoms with E-state index < -0.39 is 44.9 Å². The van der Waals surface area contributed by atoms with Crippen LogP contribution in [0.15, 0.2) is 97.6 Å². The van der Waals surface area contributed by atoms with Gasteiger partial charge in [-0.15, -0.1) is 0 Å². The number of carbonyl (C=O) groups excluding carboxylic acids is 1. The van der Waals surface area contributed by atoms with Gasteiger partial charge in [0.1, 0.15) is 11.9 Å². The number of allylic oxidation sites excluding steroid dienone is 7. The van der Waals surface area contributed by atoms with Gasteiger partial charge in [-0.1, -0.05) is 0 Å². The second kappa shape index (κ2) is 8.56. The van der Waals surface area contributed by atoms with Crippen LogP contribution in [-0.2, 0) is 19.1 Å². The molecule has 6 heterocycles. The minimum atomic E-state index is -6.39. The van der Waals surface area contributed by atoms with Crippen molar-refractivity contribution in [3.05, 3.63) is 94.0 Å². The number of ketones is 1. The van der Waals surface area contributed by atoms with E-state index in [2.05, 4.69) is 24.1 Å². The number of rotatable bonds is 2. The van der Waals surface area contributed by atoms with Crippen molar-refractivity contribution >= 4 is 45.2 Å². The molecular weight excluding hydrogens is 541 g/mol. The summed E-state index contributed by atoms with van der Waals surface area (Å²) in [6.45, 7) is 0. The van der Waals surface area contributed by atoms with Crippen LogP contribution in [0.4, 0.5) is 13.2 Å². The van der Waals surface area contributed by atoms with Crippen molar-refractivity contribution < 1.29 is 40.8 Å². The van der Waals surface area contributed by atoms with E-state index in [4.69, 9.17) is 0 Å². The Morgan fingerprint density at radius 3 is 1.97 bits per heavy atom. The zero-order valence-electron chi connectivity index (χ0n) is 19.3. The number of alkyl halides is 3. The predicted molar refractivity (Wildman–Crippen MR) is 134 cm³/mol. The number of nitrogens with one attached hydrogen (secondary N) is 1. The molecule has 0 aliphatic carbocycles. The standard InChI is InChI=1S/C25H15F3N4O6S/c26-25(27,28)39(36,37)38-24-22(34)20-16-6-4-14(31-16)10-12-2-1-11(29-12)9-13-3-5-15(30-13)19(21(33)23(24)35)17-7-8-18(20)32-17/h1-10,23-24,29,33,35H. The summed E-state index contributed by atoms with van der Waals surface area (Å²) in [6, 6.07) is 3.56. The summed E-state index contributed by atoms with van der Waals surface area (Å²) >= 11 is 0. The van der Waals surface area contributed by atoms with E-state index in [0.717, 1.165) is 0 Å². The molecule has 6 rings (SSSR count). The molecule has 0 amide bonds. The highest BCUT2D eigenvalue weighted by Crippen LogP contribution is 2.34. The van der Waals surface area contributed by atoms with Crippen molar-refractivity contribution in [3.63, 3.8) is 0 Å². The smallest absolute Gasteiger partial charge is 0.509 e. The number of carbonyl (C=O) groups is 1. The molecule has 0 fully saturated rings. The number of H-pyrrole nitrogens is 1. The van der Waals surface area contributed by atoms with Crippen LogP contribution in [0.2, 0.25) is 0 Å². The quantitative estimate of drug-likeness (QED) is 0.376. The number of hydrogen-bond acceptors (Lipinski definition) is 9. The Morgan fingerprint density at radius 1 is 0.846 bits per heavy atom. The minimum Gasteiger partial charge on any atom is -0.509 e. The first kappa shape index (κ1) is 24.9. The van der Waals surface area contributed by atoms with Crippen molar-refractivity contribution in [1.29, 1.82) is 0 Å². The molecule has 0 radical (unpaired) electrons. The molecule has 0 aromatic carbocycles. The molecule has 14 heteroatoms. The van der Waals surface area contributed by atoms with E-state index in [9.17, 15) is 36.6 Å². The fraction of sp³-hybridized carbons (Fsp3) is 0.120. The second-order valence-electron chi connectivity index (χ2n) is 8.74. The third-order valence-electron chi connectivity index (χ3n) is 6.17. The Balaban J connectivity index is 1.64. The van der Waals surface area contributed by atoms with E-state index in [1.54, 1.807) is 30.4 Å². The average Bonchev–Trinajstić information content (AvgIpc) is 3.66. The van der Waals surface area contributed by atoms with Crippen LogP contribution >= 0.6 is 0 Å². The van der Waals surface area contributed by atoms with Crippen LogP contribution < -0.4 is 0 Å². The molecule has 2 atom stereocenters. The first-order chi connectivity index (χ1) is 18.4. The molecule has 2 unspecified atom stereocenters. The molecule has 0 spiro atoms. The first-order valence-corrected chi connectivity index (χ1v) is 12.7. The van der Waals surface area contributed by atoms with Gasteiger partial charge in [0.05, 0.1) is 45.4 Å². The summed E-state index contributed by atoms with van der Waals surface area (Å²) in [5.41, 5.74) is -4.57. The Bertz CT molecular complexity index is 1780. The SMILES string of the molecule is O=C1C2=C3C=CC(=N3)C(=C(O)C(O)C1OS(=O)(=O)C(F)(F)F)C1=NC(=Cc3ccc([nH]3)C=C3C=CC2=N3)C=C1. The van der Waals surface area contributed by atoms with Gasteiger partial charge in [0.2, 0.25) is 5.78 Å². The fourth-order valence-corrected chi connectivity index (χ4v) is 4.97. The lowest BCUT2D eigenvalue weighted by molar-refractivity contribution is -0.127. The molecule has 3 N–H and O–H groups in total. The van der Waals surface area contributed by atoms with Crippen molar-refractivity contribution in [2.24, 2.45) is 15.0 Å². The van der Waals surface area contributed by atoms with Crippen LogP contribution in [0.3, 0.4) is 0 Å². The summed E-state index contributed by atoms with van der Waals surface area (Å²) in [7, 11) is -6.39. The average molecular weight is 556 g/mol. The van der Waals surface area contributed by atoms with Gasteiger partial charge >= 0.3 is 15.6 Å². The number of aromatic nitrogens is 1. The normalized spacial score (nSPS) is 24.1. The van der Waals surface area contributed by atoms with Gasteiger partial charge in [-0.05, 0) is 60.7 Å². The van der Waals surface area contributed by atoms with Gasteiger partial charge in [-0.25, -0.2) is 19.2 Å². The summed E-state index contributed by atoms with van der Waals surface area (Å²) in [6.07, 6.45) is 6.76. The highest BCUT2D eigenvalue weighted by atomic mass is 32.2. The van der Waals surface area contributed by atoms with E-state index in [-0.39, 0.29) is 28.4 Å². The van der Waals surface area contributed by atoms with Crippen molar-refractivity contribution in [2.75, 3.05) is 0 Å². The molecule has 0 saturated heterocycles. The van der Waals surface area contributed by atoms with Gasteiger partial charge in [-0.3, -0.25) is 4.79 Å². The van der Waals surface area contributed by atoms with Gasteiger partial charge < -0.3 is 15.2 Å². The topological polar surface area (TPSA) is 154 Å². The molecule has 39 heavy (non-hydrogen) atoms. The Morgan fingerprint density at radius 2 is 1.38 bits per heavy atom. The Labute approximate surface area is 217 Å². The number of aliphatic imine (C=N–C) groups is 3. The molecule has 5 aliphatic rings. The van der Waals surface area contributed by atoms with Crippen molar-refractivity contribution in [2.45, 2.75) is 17.7 Å². The van der Waals surface area contributed by atoms with Crippen LogP contribution in [0.1, 0.15) is 11.4 Å². The maximum atomic E-state index is 13.7. The maximum absolute atomic E-state index is 13.7.